The lowest BCUT2D eigenvalue weighted by atomic mass is 10.1. The molecule has 1 atom stereocenters. The molecular weight excluding hydrogens is 356 g/mol. The molecule has 3 aromatic rings. The fourth-order valence-electron chi connectivity index (χ4n) is 3.50. The molecular formula is C21H20N4O3. The molecule has 1 aromatic heterocycles. The predicted octanol–water partition coefficient (Wildman–Crippen LogP) is 2.12. The number of nitrogens with one attached hydrogen (secondary N) is 1. The van der Waals surface area contributed by atoms with Crippen LogP contribution in [0.1, 0.15) is 27.9 Å². The maximum Gasteiger partial charge on any atom is 0.298 e. The van der Waals surface area contributed by atoms with Gasteiger partial charge in [0.15, 0.2) is 5.82 Å². The van der Waals surface area contributed by atoms with Crippen LogP contribution in [0, 0.1) is 0 Å². The van der Waals surface area contributed by atoms with Gasteiger partial charge in [-0.1, -0.05) is 30.3 Å². The van der Waals surface area contributed by atoms with Crippen molar-refractivity contribution in [3.05, 3.63) is 66.0 Å². The number of ketones is 1. The van der Waals surface area contributed by atoms with E-state index in [-0.39, 0.29) is 17.8 Å². The summed E-state index contributed by atoms with van der Waals surface area (Å²) < 4.78 is 0. The van der Waals surface area contributed by atoms with E-state index in [0.29, 0.717) is 36.2 Å². The second-order valence-corrected chi connectivity index (χ2v) is 6.90. The maximum absolute atomic E-state index is 12.7. The molecule has 0 unspecified atom stereocenters. The average molecular weight is 376 g/mol. The number of hydrogen-bond acceptors (Lipinski definition) is 4. The number of piperazine rings is 1. The van der Waals surface area contributed by atoms with Gasteiger partial charge in [-0.15, -0.1) is 0 Å². The van der Waals surface area contributed by atoms with Crippen LogP contribution in [0.2, 0.25) is 0 Å². The predicted molar refractivity (Wildman–Crippen MR) is 104 cm³/mol. The van der Waals surface area contributed by atoms with E-state index >= 15 is 0 Å². The third kappa shape index (κ3) is 3.26. The average Bonchev–Trinajstić information content (AvgIpc) is 3.17. The molecule has 7 heteroatoms. The zero-order valence-corrected chi connectivity index (χ0v) is 15.5. The van der Waals surface area contributed by atoms with E-state index in [1.165, 1.54) is 4.90 Å². The zero-order chi connectivity index (χ0) is 19.7. The molecule has 1 N–H and O–H groups in total. The molecule has 1 aliphatic rings. The summed E-state index contributed by atoms with van der Waals surface area (Å²) in [4.78, 5) is 48.4. The molecule has 2 heterocycles. The second-order valence-electron chi connectivity index (χ2n) is 6.90. The molecule has 7 nitrogen and oxygen atoms in total. The van der Waals surface area contributed by atoms with Gasteiger partial charge < -0.3 is 14.8 Å². The molecule has 142 valence electrons. The van der Waals surface area contributed by atoms with Crippen LogP contribution in [0.25, 0.3) is 11.0 Å². The first-order valence-corrected chi connectivity index (χ1v) is 9.19. The number of imidazole rings is 1. The molecule has 28 heavy (non-hydrogen) atoms. The van der Waals surface area contributed by atoms with Crippen molar-refractivity contribution < 1.29 is 14.4 Å². The number of para-hydroxylation sites is 2. The Morgan fingerprint density at radius 2 is 1.71 bits per heavy atom. The minimum atomic E-state index is -0.661. The first kappa shape index (κ1) is 17.9. The number of aromatic nitrogens is 2. The SMILES string of the molecule is C[C@@H]1CN(C(=O)c2ccccc2)CCN1C(=O)C(=O)c1nc2ccccc2[nH]1. The smallest absolute Gasteiger partial charge is 0.298 e. The first-order valence-electron chi connectivity index (χ1n) is 9.19. The Morgan fingerprint density at radius 1 is 1.00 bits per heavy atom. The molecule has 1 fully saturated rings. The lowest BCUT2D eigenvalue weighted by Crippen LogP contribution is -2.56. The third-order valence-corrected chi connectivity index (χ3v) is 4.99. The van der Waals surface area contributed by atoms with Crippen LogP contribution < -0.4 is 0 Å². The summed E-state index contributed by atoms with van der Waals surface area (Å²) in [5.74, 6) is -1.28. The molecule has 2 aromatic carbocycles. The summed E-state index contributed by atoms with van der Waals surface area (Å²) in [6.45, 7) is 2.92. The fraction of sp³-hybridized carbons (Fsp3) is 0.238. The topological polar surface area (TPSA) is 86.4 Å². The third-order valence-electron chi connectivity index (χ3n) is 4.99. The van der Waals surface area contributed by atoms with Crippen molar-refractivity contribution in [3.8, 4) is 0 Å². The van der Waals surface area contributed by atoms with Crippen molar-refractivity contribution in [2.24, 2.45) is 0 Å². The summed E-state index contributed by atoms with van der Waals surface area (Å²) in [5.41, 5.74) is 1.97. The highest BCUT2D eigenvalue weighted by Gasteiger charge is 2.34. The lowest BCUT2D eigenvalue weighted by Gasteiger charge is -2.39. The van der Waals surface area contributed by atoms with Gasteiger partial charge >= 0.3 is 0 Å². The van der Waals surface area contributed by atoms with Gasteiger partial charge in [0.25, 0.3) is 17.6 Å². The van der Waals surface area contributed by atoms with Gasteiger partial charge in [0, 0.05) is 31.2 Å². The number of hydrogen-bond donors (Lipinski definition) is 1. The van der Waals surface area contributed by atoms with E-state index in [0.717, 1.165) is 0 Å². The summed E-state index contributed by atoms with van der Waals surface area (Å²) in [7, 11) is 0. The Bertz CT molecular complexity index is 1010. The number of aromatic amines is 1. The monoisotopic (exact) mass is 376 g/mol. The number of nitrogens with zero attached hydrogens (tertiary/aromatic N) is 3. The Kier molecular flexibility index (Phi) is 4.65. The summed E-state index contributed by atoms with van der Waals surface area (Å²) >= 11 is 0. The van der Waals surface area contributed by atoms with Crippen molar-refractivity contribution in [1.29, 1.82) is 0 Å². The molecule has 0 aliphatic carbocycles. The highest BCUT2D eigenvalue weighted by molar-refractivity contribution is 6.42. The standard InChI is InChI=1S/C21H20N4O3/c1-14-13-24(20(27)15-7-3-2-4-8-15)11-12-25(14)21(28)18(26)19-22-16-9-5-6-10-17(16)23-19/h2-10,14H,11-13H2,1H3,(H,22,23)/t14-/m1/s1. The van der Waals surface area contributed by atoms with Crippen LogP contribution >= 0.6 is 0 Å². The summed E-state index contributed by atoms with van der Waals surface area (Å²) in [5, 5.41) is 0. The van der Waals surface area contributed by atoms with Crippen LogP contribution in [-0.2, 0) is 4.79 Å². The van der Waals surface area contributed by atoms with Crippen molar-refractivity contribution in [1.82, 2.24) is 19.8 Å². The molecule has 0 radical (unpaired) electrons. The Labute approximate surface area is 162 Å². The van der Waals surface area contributed by atoms with Crippen LogP contribution in [-0.4, -0.2) is 63.0 Å². The largest absolute Gasteiger partial charge is 0.335 e. The highest BCUT2D eigenvalue weighted by Crippen LogP contribution is 2.16. The number of rotatable bonds is 3. The van der Waals surface area contributed by atoms with Crippen LogP contribution in [0.3, 0.4) is 0 Å². The maximum atomic E-state index is 12.7. The number of carbonyl (C=O) groups is 3. The Morgan fingerprint density at radius 3 is 2.43 bits per heavy atom. The van der Waals surface area contributed by atoms with E-state index in [1.807, 2.05) is 37.3 Å². The lowest BCUT2D eigenvalue weighted by molar-refractivity contribution is -0.130. The number of fused-ring (bicyclic) bond motifs is 1. The Hall–Kier alpha value is -3.48. The molecule has 1 aliphatic heterocycles. The van der Waals surface area contributed by atoms with Crippen LogP contribution in [0.4, 0.5) is 0 Å². The van der Waals surface area contributed by atoms with Gasteiger partial charge in [0.05, 0.1) is 11.0 Å². The van der Waals surface area contributed by atoms with Gasteiger partial charge in [-0.3, -0.25) is 14.4 Å². The molecule has 1 saturated heterocycles. The summed E-state index contributed by atoms with van der Waals surface area (Å²) in [6.07, 6.45) is 0. The van der Waals surface area contributed by atoms with Crippen molar-refractivity contribution >= 4 is 28.6 Å². The minimum Gasteiger partial charge on any atom is -0.335 e. The van der Waals surface area contributed by atoms with Crippen LogP contribution in [0.15, 0.2) is 54.6 Å². The van der Waals surface area contributed by atoms with Gasteiger partial charge in [0.1, 0.15) is 0 Å². The molecule has 2 amide bonds. The van der Waals surface area contributed by atoms with Crippen molar-refractivity contribution in [2.45, 2.75) is 13.0 Å². The number of Topliss-reactive ketones (excluding diaryl/α,β-unsaturated/α-hetero) is 1. The number of H-pyrrole nitrogens is 1. The van der Waals surface area contributed by atoms with Gasteiger partial charge in [-0.2, -0.15) is 0 Å². The van der Waals surface area contributed by atoms with E-state index in [9.17, 15) is 14.4 Å². The van der Waals surface area contributed by atoms with E-state index < -0.39 is 11.7 Å². The highest BCUT2D eigenvalue weighted by atomic mass is 16.2. The fourth-order valence-corrected chi connectivity index (χ4v) is 3.50. The van der Waals surface area contributed by atoms with E-state index in [2.05, 4.69) is 9.97 Å². The van der Waals surface area contributed by atoms with Crippen molar-refractivity contribution in [2.75, 3.05) is 19.6 Å². The number of carbonyl (C=O) groups excluding carboxylic acids is 3. The van der Waals surface area contributed by atoms with Gasteiger partial charge in [-0.25, -0.2) is 4.98 Å². The molecule has 0 saturated carbocycles. The van der Waals surface area contributed by atoms with Gasteiger partial charge in [0.2, 0.25) is 0 Å². The normalized spacial score (nSPS) is 17.0. The summed E-state index contributed by atoms with van der Waals surface area (Å²) in [6, 6.07) is 16.0. The number of amides is 2. The molecule has 0 bridgehead atoms. The zero-order valence-electron chi connectivity index (χ0n) is 15.5. The number of benzene rings is 2. The van der Waals surface area contributed by atoms with E-state index in [4.69, 9.17) is 0 Å². The van der Waals surface area contributed by atoms with Gasteiger partial charge in [-0.05, 0) is 31.2 Å². The minimum absolute atomic E-state index is 0.0428. The molecule has 4 rings (SSSR count). The first-order chi connectivity index (χ1) is 13.5. The quantitative estimate of drug-likeness (QED) is 0.560. The van der Waals surface area contributed by atoms with Crippen molar-refractivity contribution in [3.63, 3.8) is 0 Å². The second kappa shape index (κ2) is 7.26. The Balaban J connectivity index is 1.46. The van der Waals surface area contributed by atoms with E-state index in [1.54, 1.807) is 29.2 Å². The molecule has 0 spiro atoms. The van der Waals surface area contributed by atoms with Crippen LogP contribution in [0.5, 0.6) is 0 Å².